The summed E-state index contributed by atoms with van der Waals surface area (Å²) in [6.45, 7) is 0. The fourth-order valence-corrected chi connectivity index (χ4v) is 2.25. The van der Waals surface area contributed by atoms with Gasteiger partial charge in [0, 0.05) is 35.9 Å². The fourth-order valence-electron chi connectivity index (χ4n) is 2.04. The van der Waals surface area contributed by atoms with E-state index >= 15 is 0 Å². The van der Waals surface area contributed by atoms with Crippen LogP contribution < -0.4 is 0 Å². The first-order valence-electron chi connectivity index (χ1n) is 5.27. The van der Waals surface area contributed by atoms with Crippen molar-refractivity contribution in [1.82, 2.24) is 14.5 Å². The van der Waals surface area contributed by atoms with Crippen LogP contribution in [0.2, 0.25) is 5.02 Å². The van der Waals surface area contributed by atoms with Crippen LogP contribution in [0.4, 0.5) is 0 Å². The summed E-state index contributed by atoms with van der Waals surface area (Å²) in [7, 11) is 2.01. The number of aryl methyl sites for hydroxylation is 1. The standard InChI is InChI=1S/C13H10ClN3/c1-17-7-10(9-4-2-3-5-12(9)17)13-11(14)6-15-8-16-13/h2-8H,1H3. The van der Waals surface area contributed by atoms with Gasteiger partial charge < -0.3 is 4.57 Å². The average Bonchev–Trinajstić information content (AvgIpc) is 2.68. The van der Waals surface area contributed by atoms with E-state index < -0.39 is 0 Å². The van der Waals surface area contributed by atoms with Crippen molar-refractivity contribution in [2.24, 2.45) is 7.05 Å². The number of aromatic nitrogens is 3. The van der Waals surface area contributed by atoms with E-state index in [9.17, 15) is 0 Å². The molecule has 0 saturated heterocycles. The van der Waals surface area contributed by atoms with Gasteiger partial charge in [-0.25, -0.2) is 9.97 Å². The average molecular weight is 244 g/mol. The highest BCUT2D eigenvalue weighted by Gasteiger charge is 2.11. The molecule has 0 spiro atoms. The molecule has 0 aliphatic heterocycles. The number of fused-ring (bicyclic) bond motifs is 1. The zero-order valence-electron chi connectivity index (χ0n) is 9.26. The summed E-state index contributed by atoms with van der Waals surface area (Å²) >= 11 is 6.13. The van der Waals surface area contributed by atoms with Crippen LogP contribution in [0.1, 0.15) is 0 Å². The maximum Gasteiger partial charge on any atom is 0.116 e. The van der Waals surface area contributed by atoms with E-state index in [2.05, 4.69) is 26.7 Å². The van der Waals surface area contributed by atoms with E-state index in [0.717, 1.165) is 22.2 Å². The zero-order valence-corrected chi connectivity index (χ0v) is 10.0. The third-order valence-electron chi connectivity index (χ3n) is 2.82. The number of benzene rings is 1. The van der Waals surface area contributed by atoms with Crippen LogP contribution in [0.5, 0.6) is 0 Å². The van der Waals surface area contributed by atoms with E-state index in [1.54, 1.807) is 6.20 Å². The summed E-state index contributed by atoms with van der Waals surface area (Å²) in [5, 5.41) is 1.72. The Labute approximate surface area is 104 Å². The van der Waals surface area contributed by atoms with Crippen molar-refractivity contribution in [2.45, 2.75) is 0 Å². The van der Waals surface area contributed by atoms with Crippen molar-refractivity contribution in [3.63, 3.8) is 0 Å². The molecule has 0 bridgehead atoms. The maximum atomic E-state index is 6.13. The number of nitrogens with zero attached hydrogens (tertiary/aromatic N) is 3. The van der Waals surface area contributed by atoms with E-state index in [4.69, 9.17) is 11.6 Å². The van der Waals surface area contributed by atoms with Gasteiger partial charge in [0.25, 0.3) is 0 Å². The van der Waals surface area contributed by atoms with E-state index in [1.807, 2.05) is 25.4 Å². The number of halogens is 1. The highest BCUT2D eigenvalue weighted by Crippen LogP contribution is 2.32. The minimum Gasteiger partial charge on any atom is -0.350 e. The van der Waals surface area contributed by atoms with Gasteiger partial charge in [-0.2, -0.15) is 0 Å². The molecule has 0 unspecified atom stereocenters. The number of para-hydroxylation sites is 1. The molecule has 0 aliphatic carbocycles. The van der Waals surface area contributed by atoms with Crippen molar-refractivity contribution in [2.75, 3.05) is 0 Å². The Balaban J connectivity index is 2.35. The van der Waals surface area contributed by atoms with Crippen LogP contribution in [-0.4, -0.2) is 14.5 Å². The molecule has 3 aromatic rings. The highest BCUT2D eigenvalue weighted by atomic mass is 35.5. The summed E-state index contributed by atoms with van der Waals surface area (Å²) in [5.74, 6) is 0. The third-order valence-corrected chi connectivity index (χ3v) is 3.10. The maximum absolute atomic E-state index is 6.13. The van der Waals surface area contributed by atoms with Crippen LogP contribution in [0.3, 0.4) is 0 Å². The van der Waals surface area contributed by atoms with Crippen molar-refractivity contribution in [1.29, 1.82) is 0 Å². The first-order valence-corrected chi connectivity index (χ1v) is 5.65. The van der Waals surface area contributed by atoms with E-state index in [0.29, 0.717) is 5.02 Å². The molecule has 84 valence electrons. The van der Waals surface area contributed by atoms with Gasteiger partial charge in [-0.15, -0.1) is 0 Å². The van der Waals surface area contributed by atoms with E-state index in [-0.39, 0.29) is 0 Å². The van der Waals surface area contributed by atoms with Crippen LogP contribution in [0, 0.1) is 0 Å². The molecule has 3 rings (SSSR count). The van der Waals surface area contributed by atoms with Gasteiger partial charge in [0.05, 0.1) is 10.7 Å². The van der Waals surface area contributed by atoms with Crippen molar-refractivity contribution in [3.8, 4) is 11.3 Å². The van der Waals surface area contributed by atoms with Gasteiger partial charge in [-0.1, -0.05) is 29.8 Å². The summed E-state index contributed by atoms with van der Waals surface area (Å²) in [4.78, 5) is 8.16. The molecule has 0 amide bonds. The van der Waals surface area contributed by atoms with Gasteiger partial charge in [0.2, 0.25) is 0 Å². The predicted molar refractivity (Wildman–Crippen MR) is 69.0 cm³/mol. The Morgan fingerprint density at radius 1 is 1.24 bits per heavy atom. The lowest BCUT2D eigenvalue weighted by Gasteiger charge is -1.99. The molecule has 2 heterocycles. The second kappa shape index (κ2) is 3.86. The molecule has 1 aromatic carbocycles. The smallest absolute Gasteiger partial charge is 0.116 e. The first kappa shape index (κ1) is 10.3. The van der Waals surface area contributed by atoms with Crippen LogP contribution >= 0.6 is 11.6 Å². The molecule has 0 atom stereocenters. The first-order chi connectivity index (χ1) is 8.27. The molecule has 0 radical (unpaired) electrons. The predicted octanol–water partition coefficient (Wildman–Crippen LogP) is 3.29. The normalized spacial score (nSPS) is 10.9. The Kier molecular flexibility index (Phi) is 2.34. The summed E-state index contributed by atoms with van der Waals surface area (Å²) in [5.41, 5.74) is 2.98. The van der Waals surface area contributed by atoms with E-state index in [1.165, 1.54) is 6.33 Å². The molecule has 0 N–H and O–H groups in total. The molecule has 0 aliphatic rings. The van der Waals surface area contributed by atoms with Crippen LogP contribution in [-0.2, 0) is 7.05 Å². The van der Waals surface area contributed by atoms with Crippen LogP contribution in [0.25, 0.3) is 22.2 Å². The third kappa shape index (κ3) is 1.59. The summed E-state index contributed by atoms with van der Waals surface area (Å²) < 4.78 is 2.07. The fraction of sp³-hybridized carbons (Fsp3) is 0.0769. The van der Waals surface area contributed by atoms with Crippen molar-refractivity contribution < 1.29 is 0 Å². The lowest BCUT2D eigenvalue weighted by molar-refractivity contribution is 0.969. The Morgan fingerprint density at radius 3 is 2.88 bits per heavy atom. The van der Waals surface area contributed by atoms with Crippen molar-refractivity contribution in [3.05, 3.63) is 48.0 Å². The lowest BCUT2D eigenvalue weighted by atomic mass is 10.1. The number of rotatable bonds is 1. The molecule has 2 aromatic heterocycles. The molecule has 3 nitrogen and oxygen atoms in total. The molecule has 17 heavy (non-hydrogen) atoms. The van der Waals surface area contributed by atoms with Gasteiger partial charge in [0.15, 0.2) is 0 Å². The largest absolute Gasteiger partial charge is 0.350 e. The minimum absolute atomic E-state index is 0.573. The quantitative estimate of drug-likeness (QED) is 0.657. The second-order valence-corrected chi connectivity index (χ2v) is 4.30. The summed E-state index contributed by atoms with van der Waals surface area (Å²) in [6, 6.07) is 8.19. The number of hydrogen-bond donors (Lipinski definition) is 0. The topological polar surface area (TPSA) is 30.7 Å². The highest BCUT2D eigenvalue weighted by molar-refractivity contribution is 6.33. The minimum atomic E-state index is 0.573. The van der Waals surface area contributed by atoms with Gasteiger partial charge >= 0.3 is 0 Å². The monoisotopic (exact) mass is 243 g/mol. The molecular weight excluding hydrogens is 234 g/mol. The molecule has 0 saturated carbocycles. The van der Waals surface area contributed by atoms with Crippen molar-refractivity contribution >= 4 is 22.5 Å². The second-order valence-electron chi connectivity index (χ2n) is 3.89. The van der Waals surface area contributed by atoms with Gasteiger partial charge in [-0.05, 0) is 6.07 Å². The summed E-state index contributed by atoms with van der Waals surface area (Å²) in [6.07, 6.45) is 5.17. The molecule has 0 fully saturated rings. The zero-order chi connectivity index (χ0) is 11.8. The Hall–Kier alpha value is -1.87. The number of hydrogen-bond acceptors (Lipinski definition) is 2. The van der Waals surface area contributed by atoms with Crippen LogP contribution in [0.15, 0.2) is 43.0 Å². The van der Waals surface area contributed by atoms with Gasteiger partial charge in [0.1, 0.15) is 6.33 Å². The van der Waals surface area contributed by atoms with Gasteiger partial charge in [-0.3, -0.25) is 0 Å². The molecule has 4 heteroatoms. The Morgan fingerprint density at radius 2 is 2.06 bits per heavy atom. The Bertz CT molecular complexity index is 688. The SMILES string of the molecule is Cn1cc(-c2ncncc2Cl)c2ccccc21. The lowest BCUT2D eigenvalue weighted by Crippen LogP contribution is -1.85. The molecular formula is C13H10ClN3.